The Kier molecular flexibility index (Phi) is 6.13. The topological polar surface area (TPSA) is 29.5 Å². The van der Waals surface area contributed by atoms with Crippen LogP contribution in [0.15, 0.2) is 24.3 Å². The number of benzene rings is 1. The molecule has 1 aromatic carbocycles. The van der Waals surface area contributed by atoms with Gasteiger partial charge in [0.25, 0.3) is 0 Å². The zero-order valence-electron chi connectivity index (χ0n) is 10.9. The maximum absolute atomic E-state index is 12.1. The zero-order valence-corrected chi connectivity index (χ0v) is 11.7. The van der Waals surface area contributed by atoms with Crippen LogP contribution >= 0.6 is 11.6 Å². The van der Waals surface area contributed by atoms with E-state index in [1.54, 1.807) is 24.3 Å². The molecule has 0 aliphatic carbocycles. The van der Waals surface area contributed by atoms with Gasteiger partial charge in [0.05, 0.1) is 6.61 Å². The highest BCUT2D eigenvalue weighted by atomic mass is 35.5. The van der Waals surface area contributed by atoms with Gasteiger partial charge in [0.2, 0.25) is 0 Å². The Morgan fingerprint density at radius 2 is 1.85 bits per heavy atom. The van der Waals surface area contributed by atoms with Crippen molar-refractivity contribution in [3.05, 3.63) is 29.3 Å². The van der Waals surface area contributed by atoms with Crippen LogP contribution in [0.5, 0.6) is 5.75 Å². The normalized spacial score (nSPS) is 11.2. The smallest absolute Gasteiger partial charge is 0.471 e. The van der Waals surface area contributed by atoms with Gasteiger partial charge in [0.15, 0.2) is 0 Å². The summed E-state index contributed by atoms with van der Waals surface area (Å²) in [6.07, 6.45) is -3.82. The van der Waals surface area contributed by atoms with E-state index in [4.69, 9.17) is 16.3 Å². The van der Waals surface area contributed by atoms with Crippen LogP contribution in [0, 0.1) is 0 Å². The first-order chi connectivity index (χ1) is 9.30. The van der Waals surface area contributed by atoms with Gasteiger partial charge in [0, 0.05) is 18.6 Å². The summed E-state index contributed by atoms with van der Waals surface area (Å²) in [6, 6.07) is 6.79. The maximum atomic E-state index is 12.1. The lowest BCUT2D eigenvalue weighted by atomic mass is 10.3. The van der Waals surface area contributed by atoms with E-state index in [0.29, 0.717) is 35.1 Å². The Morgan fingerprint density at radius 1 is 1.25 bits per heavy atom. The number of ether oxygens (including phenoxy) is 1. The predicted molar refractivity (Wildman–Crippen MR) is 69.9 cm³/mol. The number of nitrogens with zero attached hydrogens (tertiary/aromatic N) is 1. The fraction of sp³-hybridized carbons (Fsp3) is 0.462. The molecule has 1 amide bonds. The summed E-state index contributed by atoms with van der Waals surface area (Å²) in [6.45, 7) is 0.415. The number of unbranched alkanes of at least 4 members (excludes halogenated alkanes) is 1. The number of carbonyl (C=O) groups is 1. The second kappa shape index (κ2) is 7.38. The molecule has 0 aliphatic rings. The van der Waals surface area contributed by atoms with E-state index < -0.39 is 12.1 Å². The number of hydrogen-bond donors (Lipinski definition) is 0. The first kappa shape index (κ1) is 16.6. The summed E-state index contributed by atoms with van der Waals surface area (Å²) in [4.78, 5) is 11.5. The molecule has 1 aromatic rings. The van der Waals surface area contributed by atoms with Gasteiger partial charge in [-0.1, -0.05) is 11.6 Å². The molecule has 112 valence electrons. The third-order valence-corrected chi connectivity index (χ3v) is 2.81. The van der Waals surface area contributed by atoms with Gasteiger partial charge in [-0.25, -0.2) is 0 Å². The van der Waals surface area contributed by atoms with Crippen molar-refractivity contribution in [2.45, 2.75) is 19.0 Å². The molecule has 0 saturated carbocycles. The summed E-state index contributed by atoms with van der Waals surface area (Å²) in [5, 5.41) is 0.602. The molecule has 3 nitrogen and oxygen atoms in total. The first-order valence-electron chi connectivity index (χ1n) is 6.01. The largest absolute Gasteiger partial charge is 0.494 e. The molecule has 0 spiro atoms. The molecule has 0 aromatic heterocycles. The molecule has 0 unspecified atom stereocenters. The van der Waals surface area contributed by atoms with Gasteiger partial charge in [-0.2, -0.15) is 13.2 Å². The summed E-state index contributed by atoms with van der Waals surface area (Å²) in [5.41, 5.74) is 0. The lowest BCUT2D eigenvalue weighted by Gasteiger charge is -2.18. The van der Waals surface area contributed by atoms with Gasteiger partial charge in [-0.05, 0) is 37.1 Å². The second-order valence-corrected chi connectivity index (χ2v) is 4.67. The average Bonchev–Trinajstić information content (AvgIpc) is 2.38. The van der Waals surface area contributed by atoms with Gasteiger partial charge in [-0.15, -0.1) is 0 Å². The fourth-order valence-electron chi connectivity index (χ4n) is 1.49. The Labute approximate surface area is 120 Å². The lowest BCUT2D eigenvalue weighted by molar-refractivity contribution is -0.184. The third kappa shape index (κ3) is 5.69. The second-order valence-electron chi connectivity index (χ2n) is 4.23. The van der Waals surface area contributed by atoms with Crippen molar-refractivity contribution in [2.75, 3.05) is 20.2 Å². The summed E-state index contributed by atoms with van der Waals surface area (Å²) >= 11 is 5.71. The average molecular weight is 310 g/mol. The van der Waals surface area contributed by atoms with Crippen molar-refractivity contribution in [3.63, 3.8) is 0 Å². The monoisotopic (exact) mass is 309 g/mol. The van der Waals surface area contributed by atoms with Gasteiger partial charge < -0.3 is 9.64 Å². The predicted octanol–water partition coefficient (Wildman–Crippen LogP) is 3.52. The van der Waals surface area contributed by atoms with Crippen molar-refractivity contribution in [1.82, 2.24) is 4.90 Å². The maximum Gasteiger partial charge on any atom is 0.471 e. The molecule has 0 radical (unpaired) electrons. The minimum absolute atomic E-state index is 0.0440. The number of alkyl halides is 3. The summed E-state index contributed by atoms with van der Waals surface area (Å²) in [5.74, 6) is -1.18. The van der Waals surface area contributed by atoms with Gasteiger partial charge in [-0.3, -0.25) is 4.79 Å². The van der Waals surface area contributed by atoms with Gasteiger partial charge in [0.1, 0.15) is 5.75 Å². The highest BCUT2D eigenvalue weighted by Gasteiger charge is 2.40. The van der Waals surface area contributed by atoms with Crippen LogP contribution in [-0.2, 0) is 4.79 Å². The van der Waals surface area contributed by atoms with Crippen LogP contribution in [0.25, 0.3) is 0 Å². The number of halogens is 4. The van der Waals surface area contributed by atoms with Crippen LogP contribution in [-0.4, -0.2) is 37.2 Å². The molecular formula is C13H15ClF3NO2. The van der Waals surface area contributed by atoms with Crippen molar-refractivity contribution in [2.24, 2.45) is 0 Å². The van der Waals surface area contributed by atoms with Crippen LogP contribution in [0.4, 0.5) is 13.2 Å². The number of rotatable bonds is 6. The Balaban J connectivity index is 2.19. The van der Waals surface area contributed by atoms with Crippen LogP contribution < -0.4 is 4.74 Å². The van der Waals surface area contributed by atoms with Crippen LogP contribution in [0.3, 0.4) is 0 Å². The standard InChI is InChI=1S/C13H15ClF3NO2/c1-18(12(19)13(15,16)17)8-2-3-9-20-11-6-4-10(14)5-7-11/h4-7H,2-3,8-9H2,1H3. The number of amides is 1. The van der Waals surface area contributed by atoms with Crippen molar-refractivity contribution < 1.29 is 22.7 Å². The molecule has 0 aliphatic heterocycles. The summed E-state index contributed by atoms with van der Waals surface area (Å²) in [7, 11) is 1.13. The summed E-state index contributed by atoms with van der Waals surface area (Å²) < 4.78 is 41.7. The molecule has 0 atom stereocenters. The molecular weight excluding hydrogens is 295 g/mol. The minimum atomic E-state index is -4.81. The van der Waals surface area contributed by atoms with Crippen LogP contribution in [0.1, 0.15) is 12.8 Å². The first-order valence-corrected chi connectivity index (χ1v) is 6.39. The molecule has 20 heavy (non-hydrogen) atoms. The fourth-order valence-corrected chi connectivity index (χ4v) is 1.62. The lowest BCUT2D eigenvalue weighted by Crippen LogP contribution is -2.38. The highest BCUT2D eigenvalue weighted by Crippen LogP contribution is 2.18. The van der Waals surface area contributed by atoms with E-state index in [9.17, 15) is 18.0 Å². The third-order valence-electron chi connectivity index (χ3n) is 2.56. The SMILES string of the molecule is CN(CCCCOc1ccc(Cl)cc1)C(=O)C(F)(F)F. The highest BCUT2D eigenvalue weighted by molar-refractivity contribution is 6.30. The van der Waals surface area contributed by atoms with E-state index >= 15 is 0 Å². The van der Waals surface area contributed by atoms with Crippen molar-refractivity contribution in [3.8, 4) is 5.75 Å². The molecule has 0 heterocycles. The zero-order chi connectivity index (χ0) is 15.2. The van der Waals surface area contributed by atoms with Gasteiger partial charge >= 0.3 is 12.1 Å². The van der Waals surface area contributed by atoms with Crippen LogP contribution in [0.2, 0.25) is 5.02 Å². The Morgan fingerprint density at radius 3 is 2.40 bits per heavy atom. The molecule has 0 N–H and O–H groups in total. The molecule has 0 bridgehead atoms. The Hall–Kier alpha value is -1.43. The van der Waals surface area contributed by atoms with E-state index in [1.165, 1.54) is 0 Å². The molecule has 0 fully saturated rings. The quantitative estimate of drug-likeness (QED) is 0.753. The molecule has 1 rings (SSSR count). The van der Waals surface area contributed by atoms with E-state index in [-0.39, 0.29) is 6.54 Å². The number of carbonyl (C=O) groups excluding carboxylic acids is 1. The Bertz CT molecular complexity index is 434. The minimum Gasteiger partial charge on any atom is -0.494 e. The van der Waals surface area contributed by atoms with Crippen molar-refractivity contribution >= 4 is 17.5 Å². The van der Waals surface area contributed by atoms with Crippen molar-refractivity contribution in [1.29, 1.82) is 0 Å². The molecule has 7 heteroatoms. The molecule has 0 saturated heterocycles. The van der Waals surface area contributed by atoms with E-state index in [1.807, 2.05) is 0 Å². The van der Waals surface area contributed by atoms with E-state index in [2.05, 4.69) is 0 Å². The van der Waals surface area contributed by atoms with E-state index in [0.717, 1.165) is 7.05 Å². The number of hydrogen-bond acceptors (Lipinski definition) is 2.